The molecule has 0 aliphatic carbocycles. The Balaban J connectivity index is 2.04. The van der Waals surface area contributed by atoms with Crippen molar-refractivity contribution in [2.75, 3.05) is 0 Å². The Kier molecular flexibility index (Phi) is 3.60. The third-order valence-electron chi connectivity index (χ3n) is 3.42. The molecule has 0 saturated carbocycles. The maximum Gasteiger partial charge on any atom is 0.252 e. The summed E-state index contributed by atoms with van der Waals surface area (Å²) in [4.78, 5) is 18.0. The van der Waals surface area contributed by atoms with Crippen LogP contribution in [0.3, 0.4) is 0 Å². The molecule has 0 N–H and O–H groups in total. The van der Waals surface area contributed by atoms with E-state index in [-0.39, 0.29) is 30.4 Å². The lowest BCUT2D eigenvalue weighted by Gasteiger charge is -2.39. The van der Waals surface area contributed by atoms with Crippen LogP contribution in [0.4, 0.5) is 0 Å². The van der Waals surface area contributed by atoms with E-state index in [0.29, 0.717) is 0 Å². The summed E-state index contributed by atoms with van der Waals surface area (Å²) in [5.74, 6) is 0.145. The first-order valence-corrected chi connectivity index (χ1v) is 6.22. The molecule has 6 nitrogen and oxygen atoms in total. The second-order valence-electron chi connectivity index (χ2n) is 4.81. The van der Waals surface area contributed by atoms with Gasteiger partial charge in [0.15, 0.2) is 0 Å². The van der Waals surface area contributed by atoms with Crippen molar-refractivity contribution in [3.05, 3.63) is 12.2 Å². The Morgan fingerprint density at radius 1 is 1.50 bits per heavy atom. The van der Waals surface area contributed by atoms with Gasteiger partial charge in [-0.1, -0.05) is 0 Å². The van der Waals surface area contributed by atoms with Gasteiger partial charge in [0.2, 0.25) is 5.91 Å². The molecule has 1 aliphatic rings. The Morgan fingerprint density at radius 3 is 2.72 bits per heavy atom. The van der Waals surface area contributed by atoms with Crippen LogP contribution < -0.4 is 0 Å². The second-order valence-corrected chi connectivity index (χ2v) is 4.81. The molecule has 1 aliphatic heterocycles. The maximum atomic E-state index is 12.2. The van der Waals surface area contributed by atoms with E-state index in [1.165, 1.54) is 17.4 Å². The lowest BCUT2D eigenvalue weighted by Crippen LogP contribution is -2.48. The van der Waals surface area contributed by atoms with E-state index in [1.54, 1.807) is 0 Å². The summed E-state index contributed by atoms with van der Waals surface area (Å²) in [6.45, 7) is 4.31. The number of nitriles is 1. The third kappa shape index (κ3) is 2.50. The molecule has 2 heterocycles. The minimum atomic E-state index is 0.0455. The number of nitrogens with zero attached hydrogens (tertiary/aromatic N) is 5. The number of hydrogen-bond donors (Lipinski definition) is 0. The topological polar surface area (TPSA) is 74.8 Å². The maximum absolute atomic E-state index is 12.2. The number of amides is 1. The van der Waals surface area contributed by atoms with E-state index in [2.05, 4.69) is 23.9 Å². The summed E-state index contributed by atoms with van der Waals surface area (Å²) in [6, 6.07) is 2.41. The Morgan fingerprint density at radius 2 is 2.17 bits per heavy atom. The molecule has 0 bridgehead atoms. The van der Waals surface area contributed by atoms with Crippen LogP contribution in [-0.2, 0) is 11.3 Å². The molecule has 18 heavy (non-hydrogen) atoms. The fourth-order valence-corrected chi connectivity index (χ4v) is 2.56. The third-order valence-corrected chi connectivity index (χ3v) is 3.42. The van der Waals surface area contributed by atoms with E-state index >= 15 is 0 Å². The van der Waals surface area contributed by atoms with Crippen molar-refractivity contribution in [2.24, 2.45) is 0 Å². The SMILES string of the molecule is CC1CCCC(C)N1C(=O)Cn1cnc(C#N)n1. The highest BCUT2D eigenvalue weighted by molar-refractivity contribution is 5.76. The van der Waals surface area contributed by atoms with Crippen LogP contribution in [0.25, 0.3) is 0 Å². The number of carbonyl (C=O) groups excluding carboxylic acids is 1. The molecular weight excluding hydrogens is 230 g/mol. The number of hydrogen-bond acceptors (Lipinski definition) is 4. The molecule has 6 heteroatoms. The minimum absolute atomic E-state index is 0.0455. The van der Waals surface area contributed by atoms with Gasteiger partial charge >= 0.3 is 0 Å². The van der Waals surface area contributed by atoms with Gasteiger partial charge in [-0.15, -0.1) is 5.10 Å². The summed E-state index contributed by atoms with van der Waals surface area (Å²) in [5.41, 5.74) is 0. The second kappa shape index (κ2) is 5.17. The molecular formula is C12H17N5O. The first kappa shape index (κ1) is 12.6. The van der Waals surface area contributed by atoms with Crippen LogP contribution in [0, 0.1) is 11.3 Å². The summed E-state index contributed by atoms with van der Waals surface area (Å²) in [6.07, 6.45) is 4.71. The molecule has 0 radical (unpaired) electrons. The van der Waals surface area contributed by atoms with Gasteiger partial charge in [0, 0.05) is 12.1 Å². The summed E-state index contributed by atoms with van der Waals surface area (Å²) in [7, 11) is 0. The van der Waals surface area contributed by atoms with Gasteiger partial charge in [0.05, 0.1) is 0 Å². The van der Waals surface area contributed by atoms with Gasteiger partial charge in [-0.3, -0.25) is 4.79 Å². The number of piperidine rings is 1. The van der Waals surface area contributed by atoms with Gasteiger partial charge in [0.25, 0.3) is 5.82 Å². The highest BCUT2D eigenvalue weighted by atomic mass is 16.2. The molecule has 1 saturated heterocycles. The van der Waals surface area contributed by atoms with Gasteiger partial charge < -0.3 is 4.90 Å². The van der Waals surface area contributed by atoms with Crippen LogP contribution in [0.15, 0.2) is 6.33 Å². The van der Waals surface area contributed by atoms with Gasteiger partial charge in [-0.25, -0.2) is 9.67 Å². The fraction of sp³-hybridized carbons (Fsp3) is 0.667. The van der Waals surface area contributed by atoms with Crippen molar-refractivity contribution in [1.82, 2.24) is 19.7 Å². The minimum Gasteiger partial charge on any atom is -0.336 e. The number of likely N-dealkylation sites (tertiary alicyclic amines) is 1. The molecule has 1 amide bonds. The lowest BCUT2D eigenvalue weighted by molar-refractivity contribution is -0.138. The van der Waals surface area contributed by atoms with Crippen LogP contribution >= 0.6 is 0 Å². The standard InChI is InChI=1S/C12H17N5O/c1-9-4-3-5-10(2)17(9)12(18)7-16-8-14-11(6-13)15-16/h8-10H,3-5,7H2,1-2H3. The van der Waals surface area contributed by atoms with E-state index in [1.807, 2.05) is 11.0 Å². The number of aromatic nitrogens is 3. The largest absolute Gasteiger partial charge is 0.336 e. The zero-order chi connectivity index (χ0) is 13.1. The molecule has 2 unspecified atom stereocenters. The quantitative estimate of drug-likeness (QED) is 0.779. The average Bonchev–Trinajstić information content (AvgIpc) is 2.76. The first-order valence-electron chi connectivity index (χ1n) is 6.22. The van der Waals surface area contributed by atoms with E-state index in [0.717, 1.165) is 12.8 Å². The van der Waals surface area contributed by atoms with Crippen LogP contribution in [0.1, 0.15) is 38.9 Å². The van der Waals surface area contributed by atoms with Gasteiger partial charge in [-0.05, 0) is 33.1 Å². The van der Waals surface area contributed by atoms with Crippen molar-refractivity contribution in [1.29, 1.82) is 5.26 Å². The summed E-state index contributed by atoms with van der Waals surface area (Å²) in [5, 5.41) is 12.5. The molecule has 96 valence electrons. The predicted molar refractivity (Wildman–Crippen MR) is 64.4 cm³/mol. The lowest BCUT2D eigenvalue weighted by atomic mass is 9.97. The van der Waals surface area contributed by atoms with E-state index < -0.39 is 0 Å². The summed E-state index contributed by atoms with van der Waals surface area (Å²) < 4.78 is 1.43. The molecule has 2 atom stereocenters. The van der Waals surface area contributed by atoms with Crippen molar-refractivity contribution in [3.8, 4) is 6.07 Å². The average molecular weight is 247 g/mol. The van der Waals surface area contributed by atoms with E-state index in [9.17, 15) is 4.79 Å². The van der Waals surface area contributed by atoms with Crippen molar-refractivity contribution in [2.45, 2.75) is 51.7 Å². The Bertz CT molecular complexity index is 465. The summed E-state index contributed by atoms with van der Waals surface area (Å²) >= 11 is 0. The zero-order valence-electron chi connectivity index (χ0n) is 10.7. The molecule has 1 fully saturated rings. The van der Waals surface area contributed by atoms with Crippen LogP contribution in [0.5, 0.6) is 0 Å². The van der Waals surface area contributed by atoms with Gasteiger partial charge in [-0.2, -0.15) is 5.26 Å². The number of rotatable bonds is 2. The van der Waals surface area contributed by atoms with Crippen molar-refractivity contribution >= 4 is 5.91 Å². The fourth-order valence-electron chi connectivity index (χ4n) is 2.56. The monoisotopic (exact) mass is 247 g/mol. The first-order chi connectivity index (χ1) is 8.61. The smallest absolute Gasteiger partial charge is 0.252 e. The molecule has 1 aromatic heterocycles. The van der Waals surface area contributed by atoms with Crippen LogP contribution in [-0.4, -0.2) is 37.7 Å². The predicted octanol–water partition coefficient (Wildman–Crippen LogP) is 0.939. The molecule has 0 spiro atoms. The normalized spacial score (nSPS) is 23.7. The number of carbonyl (C=O) groups is 1. The molecule has 2 rings (SSSR count). The Hall–Kier alpha value is -1.90. The highest BCUT2D eigenvalue weighted by Crippen LogP contribution is 2.22. The van der Waals surface area contributed by atoms with Crippen molar-refractivity contribution in [3.63, 3.8) is 0 Å². The van der Waals surface area contributed by atoms with Crippen molar-refractivity contribution < 1.29 is 4.79 Å². The molecule has 1 aromatic rings. The zero-order valence-corrected chi connectivity index (χ0v) is 10.7. The molecule has 0 aromatic carbocycles. The highest BCUT2D eigenvalue weighted by Gasteiger charge is 2.28. The Labute approximate surface area is 106 Å². The van der Waals surface area contributed by atoms with E-state index in [4.69, 9.17) is 5.26 Å². The van der Waals surface area contributed by atoms with Crippen LogP contribution in [0.2, 0.25) is 0 Å². The van der Waals surface area contributed by atoms with Gasteiger partial charge in [0.1, 0.15) is 18.9 Å².